The normalized spacial score (nSPS) is 15.5. The molecular formula is C19H13I2NO4S. The van der Waals surface area contributed by atoms with E-state index in [0.29, 0.717) is 16.9 Å². The van der Waals surface area contributed by atoms with Crippen LogP contribution < -0.4 is 4.74 Å². The molecule has 0 unspecified atom stereocenters. The molecule has 0 aliphatic carbocycles. The van der Waals surface area contributed by atoms with Gasteiger partial charge in [-0.1, -0.05) is 30.3 Å². The van der Waals surface area contributed by atoms with Crippen LogP contribution >= 0.6 is 56.9 Å². The lowest BCUT2D eigenvalue weighted by atomic mass is 10.1. The van der Waals surface area contributed by atoms with Crippen molar-refractivity contribution in [3.05, 3.63) is 65.6 Å². The number of carbonyl (C=O) groups excluding carboxylic acids is 3. The van der Waals surface area contributed by atoms with Crippen molar-refractivity contribution in [2.24, 2.45) is 0 Å². The van der Waals surface area contributed by atoms with Crippen molar-refractivity contribution in [2.75, 3.05) is 13.7 Å². The lowest BCUT2D eigenvalue weighted by molar-refractivity contribution is -0.122. The minimum Gasteiger partial charge on any atom is -0.495 e. The summed E-state index contributed by atoms with van der Waals surface area (Å²) in [5.41, 5.74) is 1.18. The van der Waals surface area contributed by atoms with Gasteiger partial charge in [0.2, 0.25) is 0 Å². The second-order valence-electron chi connectivity index (χ2n) is 5.57. The molecule has 2 amide bonds. The first-order valence-corrected chi connectivity index (χ1v) is 10.7. The summed E-state index contributed by atoms with van der Waals surface area (Å²) in [6, 6.07) is 12.4. The molecule has 138 valence electrons. The van der Waals surface area contributed by atoms with Crippen LogP contribution in [0.1, 0.15) is 15.9 Å². The molecule has 0 N–H and O–H groups in total. The summed E-state index contributed by atoms with van der Waals surface area (Å²) < 4.78 is 7.32. The first kappa shape index (κ1) is 20.3. The third-order valence-electron chi connectivity index (χ3n) is 3.80. The zero-order chi connectivity index (χ0) is 19.6. The zero-order valence-corrected chi connectivity index (χ0v) is 19.2. The smallest absolute Gasteiger partial charge is 0.293 e. The number of benzene rings is 2. The zero-order valence-electron chi connectivity index (χ0n) is 14.1. The maximum Gasteiger partial charge on any atom is 0.293 e. The molecule has 0 spiro atoms. The van der Waals surface area contributed by atoms with Gasteiger partial charge in [0, 0.05) is 14.7 Å². The highest BCUT2D eigenvalue weighted by molar-refractivity contribution is 14.1. The monoisotopic (exact) mass is 605 g/mol. The van der Waals surface area contributed by atoms with E-state index in [-0.39, 0.29) is 17.2 Å². The number of hydrogen-bond acceptors (Lipinski definition) is 5. The van der Waals surface area contributed by atoms with Gasteiger partial charge in [0.05, 0.1) is 22.1 Å². The van der Waals surface area contributed by atoms with E-state index in [1.54, 1.807) is 43.5 Å². The molecule has 3 rings (SSSR count). The summed E-state index contributed by atoms with van der Waals surface area (Å²) in [6.45, 7) is -0.271. The number of ether oxygens (including phenoxy) is 1. The Kier molecular flexibility index (Phi) is 6.58. The topological polar surface area (TPSA) is 63.7 Å². The summed E-state index contributed by atoms with van der Waals surface area (Å²) in [5, 5.41) is -0.449. The number of thioether (sulfide) groups is 1. The van der Waals surface area contributed by atoms with Gasteiger partial charge in [-0.05, 0) is 75.2 Å². The van der Waals surface area contributed by atoms with Gasteiger partial charge in [0.1, 0.15) is 5.75 Å². The highest BCUT2D eigenvalue weighted by atomic mass is 127. The summed E-state index contributed by atoms with van der Waals surface area (Å²) in [5.74, 6) is -0.103. The Morgan fingerprint density at radius 2 is 1.89 bits per heavy atom. The van der Waals surface area contributed by atoms with Crippen LogP contribution in [0.25, 0.3) is 6.08 Å². The number of nitrogens with zero attached hydrogens (tertiary/aromatic N) is 1. The second kappa shape index (κ2) is 8.74. The second-order valence-corrected chi connectivity index (χ2v) is 8.97. The first-order chi connectivity index (χ1) is 12.9. The minimum atomic E-state index is -0.467. The number of halogens is 2. The van der Waals surface area contributed by atoms with E-state index in [2.05, 4.69) is 45.2 Å². The number of hydrogen-bond donors (Lipinski definition) is 0. The van der Waals surface area contributed by atoms with Crippen molar-refractivity contribution < 1.29 is 19.1 Å². The largest absolute Gasteiger partial charge is 0.495 e. The molecule has 27 heavy (non-hydrogen) atoms. The summed E-state index contributed by atoms with van der Waals surface area (Å²) in [6.07, 6.45) is 1.64. The Hall–Kier alpha value is -1.40. The van der Waals surface area contributed by atoms with Crippen LogP contribution in [0.5, 0.6) is 5.75 Å². The van der Waals surface area contributed by atoms with Crippen LogP contribution in [-0.2, 0) is 4.79 Å². The fraction of sp³-hybridized carbons (Fsp3) is 0.105. The molecule has 0 bridgehead atoms. The van der Waals surface area contributed by atoms with Crippen LogP contribution in [0.2, 0.25) is 0 Å². The third kappa shape index (κ3) is 4.54. The molecular weight excluding hydrogens is 592 g/mol. The van der Waals surface area contributed by atoms with Crippen LogP contribution in [0.15, 0.2) is 47.4 Å². The maximum atomic E-state index is 12.7. The van der Waals surface area contributed by atoms with Gasteiger partial charge in [-0.2, -0.15) is 0 Å². The SMILES string of the molecule is COc1c(I)cc(I)cc1/C=C1/SC(=O)N(CC(=O)c2ccccc2)C1=O. The van der Waals surface area contributed by atoms with Crippen LogP contribution in [0.4, 0.5) is 4.79 Å². The number of carbonyl (C=O) groups is 3. The Morgan fingerprint density at radius 3 is 2.56 bits per heavy atom. The fourth-order valence-corrected chi connectivity index (χ4v) is 5.48. The van der Waals surface area contributed by atoms with Gasteiger partial charge in [0.15, 0.2) is 5.78 Å². The molecule has 1 heterocycles. The summed E-state index contributed by atoms with van der Waals surface area (Å²) >= 11 is 5.18. The van der Waals surface area contributed by atoms with Gasteiger partial charge in [0.25, 0.3) is 11.1 Å². The number of Topliss-reactive ketones (excluding diaryl/α,β-unsaturated/α-hetero) is 1. The number of amides is 2. The Bertz CT molecular complexity index is 960. The Balaban J connectivity index is 1.86. The van der Waals surface area contributed by atoms with Gasteiger partial charge in [-0.25, -0.2) is 0 Å². The van der Waals surface area contributed by atoms with Crippen molar-refractivity contribution in [1.29, 1.82) is 0 Å². The molecule has 1 fully saturated rings. The van der Waals surface area contributed by atoms with Crippen molar-refractivity contribution in [1.82, 2.24) is 4.90 Å². The summed E-state index contributed by atoms with van der Waals surface area (Å²) in [7, 11) is 1.56. The van der Waals surface area contributed by atoms with E-state index >= 15 is 0 Å². The quantitative estimate of drug-likeness (QED) is 0.278. The molecule has 2 aromatic carbocycles. The predicted molar refractivity (Wildman–Crippen MR) is 122 cm³/mol. The first-order valence-electron chi connectivity index (χ1n) is 7.77. The third-order valence-corrected chi connectivity index (χ3v) is 6.13. The highest BCUT2D eigenvalue weighted by Gasteiger charge is 2.36. The van der Waals surface area contributed by atoms with E-state index in [1.807, 2.05) is 12.1 Å². The van der Waals surface area contributed by atoms with E-state index in [1.165, 1.54) is 0 Å². The average molecular weight is 605 g/mol. The highest BCUT2D eigenvalue weighted by Crippen LogP contribution is 2.36. The molecule has 5 nitrogen and oxygen atoms in total. The van der Waals surface area contributed by atoms with Gasteiger partial charge < -0.3 is 4.74 Å². The molecule has 8 heteroatoms. The number of ketones is 1. The van der Waals surface area contributed by atoms with Gasteiger partial charge in [-0.3, -0.25) is 19.3 Å². The maximum absolute atomic E-state index is 12.7. The molecule has 0 radical (unpaired) electrons. The van der Waals surface area contributed by atoms with Crippen LogP contribution in [0, 0.1) is 7.14 Å². The Labute approximate surface area is 187 Å². The van der Waals surface area contributed by atoms with Crippen LogP contribution in [0.3, 0.4) is 0 Å². The number of methoxy groups -OCH3 is 1. The van der Waals surface area contributed by atoms with E-state index in [0.717, 1.165) is 23.8 Å². The average Bonchev–Trinajstić information content (AvgIpc) is 2.89. The molecule has 1 aliphatic heterocycles. The van der Waals surface area contributed by atoms with Crippen LogP contribution in [-0.4, -0.2) is 35.5 Å². The van der Waals surface area contributed by atoms with E-state index < -0.39 is 11.1 Å². The van der Waals surface area contributed by atoms with Crippen molar-refractivity contribution >= 4 is 79.9 Å². The number of rotatable bonds is 5. The van der Waals surface area contributed by atoms with Gasteiger partial charge in [-0.15, -0.1) is 0 Å². The predicted octanol–water partition coefficient (Wildman–Crippen LogP) is 4.82. The molecule has 1 saturated heterocycles. The standard InChI is InChI=1S/C19H13I2NO4S/c1-26-17-12(7-13(20)9-14(17)21)8-16-18(24)22(19(25)27-16)10-15(23)11-5-3-2-4-6-11/h2-9H,10H2,1H3/b16-8+. The van der Waals surface area contributed by atoms with Crippen molar-refractivity contribution in [2.45, 2.75) is 0 Å². The molecule has 1 aliphatic rings. The Morgan fingerprint density at radius 1 is 1.19 bits per heavy atom. The summed E-state index contributed by atoms with van der Waals surface area (Å²) in [4.78, 5) is 38.6. The van der Waals surface area contributed by atoms with Crippen molar-refractivity contribution in [3.63, 3.8) is 0 Å². The van der Waals surface area contributed by atoms with Gasteiger partial charge >= 0.3 is 0 Å². The lowest BCUT2D eigenvalue weighted by Gasteiger charge is -2.11. The minimum absolute atomic E-state index is 0.271. The molecule has 0 aromatic heterocycles. The van der Waals surface area contributed by atoms with E-state index in [9.17, 15) is 14.4 Å². The lowest BCUT2D eigenvalue weighted by Crippen LogP contribution is -2.33. The number of imide groups is 1. The molecule has 0 atom stereocenters. The van der Waals surface area contributed by atoms with Crippen molar-refractivity contribution in [3.8, 4) is 5.75 Å². The molecule has 0 saturated carbocycles. The molecule has 2 aromatic rings. The van der Waals surface area contributed by atoms with E-state index in [4.69, 9.17) is 4.74 Å². The fourth-order valence-electron chi connectivity index (χ4n) is 2.54.